The van der Waals surface area contributed by atoms with Crippen molar-refractivity contribution in [3.05, 3.63) is 61.9 Å². The van der Waals surface area contributed by atoms with Gasteiger partial charge in [-0.15, -0.1) is 0 Å². The largest absolute Gasteiger partial charge is 0.427 e. The lowest BCUT2D eigenvalue weighted by Crippen LogP contribution is -2.28. The molecule has 0 unspecified atom stereocenters. The third-order valence-corrected chi connectivity index (χ3v) is 3.40. The van der Waals surface area contributed by atoms with Gasteiger partial charge in [-0.25, -0.2) is 10.2 Å². The second-order valence-electron chi connectivity index (χ2n) is 5.47. The van der Waals surface area contributed by atoms with Crippen molar-refractivity contribution in [2.75, 3.05) is 0 Å². The minimum Gasteiger partial charge on any atom is -0.427 e. The number of esters is 1. The van der Waals surface area contributed by atoms with Crippen LogP contribution in [-0.4, -0.2) is 28.1 Å². The molecule has 0 radical (unpaired) electrons. The summed E-state index contributed by atoms with van der Waals surface area (Å²) in [7, 11) is 0. The van der Waals surface area contributed by atoms with Gasteiger partial charge in [-0.2, -0.15) is 5.10 Å². The van der Waals surface area contributed by atoms with Gasteiger partial charge in [0.2, 0.25) is 5.91 Å². The summed E-state index contributed by atoms with van der Waals surface area (Å²) in [5, 5.41) is 3.83. The number of aryl methyl sites for hydroxylation is 1. The third-order valence-electron chi connectivity index (χ3n) is 3.40. The quantitative estimate of drug-likeness (QED) is 0.297. The van der Waals surface area contributed by atoms with E-state index in [9.17, 15) is 19.2 Å². The smallest absolute Gasteiger partial charge is 0.325 e. The molecule has 0 aliphatic carbocycles. The Hall–Kier alpha value is -3.49. The van der Waals surface area contributed by atoms with Crippen molar-refractivity contribution >= 4 is 18.1 Å². The molecule has 0 bridgehead atoms. The van der Waals surface area contributed by atoms with Crippen molar-refractivity contribution in [3.8, 4) is 5.75 Å². The van der Waals surface area contributed by atoms with E-state index in [0.717, 1.165) is 0 Å². The van der Waals surface area contributed by atoms with Crippen LogP contribution >= 0.6 is 0 Å². The summed E-state index contributed by atoms with van der Waals surface area (Å²) < 4.78 is 4.91. The van der Waals surface area contributed by atoms with Gasteiger partial charge in [0.05, 0.1) is 6.21 Å². The molecule has 0 saturated carbocycles. The Morgan fingerprint density at radius 1 is 1.19 bits per heavy atom. The van der Waals surface area contributed by atoms with E-state index in [1.54, 1.807) is 31.2 Å². The molecule has 0 atom stereocenters. The van der Waals surface area contributed by atoms with Gasteiger partial charge in [-0.3, -0.25) is 19.4 Å². The minimum atomic E-state index is -0.579. The summed E-state index contributed by atoms with van der Waals surface area (Å²) in [5.41, 5.74) is 2.76. The zero-order chi connectivity index (χ0) is 19.1. The predicted octanol–water partition coefficient (Wildman–Crippen LogP) is 0.380. The van der Waals surface area contributed by atoms with Gasteiger partial charge >= 0.3 is 11.7 Å². The molecular weight excluding hydrogens is 340 g/mol. The fraction of sp³-hybridized carbons (Fsp3) is 0.235. The molecule has 0 aliphatic rings. The fourth-order valence-corrected chi connectivity index (χ4v) is 2.19. The number of hydrogen-bond donors (Lipinski definition) is 3. The van der Waals surface area contributed by atoms with E-state index < -0.39 is 17.2 Å². The summed E-state index contributed by atoms with van der Waals surface area (Å²) in [6.07, 6.45) is 1.66. The van der Waals surface area contributed by atoms with E-state index in [1.807, 2.05) is 0 Å². The van der Waals surface area contributed by atoms with E-state index in [1.165, 1.54) is 13.1 Å². The second-order valence-corrected chi connectivity index (χ2v) is 5.47. The maximum atomic E-state index is 11.8. The molecule has 1 aromatic carbocycles. The minimum absolute atomic E-state index is 0.0404. The zero-order valence-corrected chi connectivity index (χ0v) is 14.3. The van der Waals surface area contributed by atoms with Crippen LogP contribution in [0.15, 0.2) is 39.0 Å². The van der Waals surface area contributed by atoms with E-state index in [0.29, 0.717) is 22.6 Å². The lowest BCUT2D eigenvalue weighted by Gasteiger charge is -2.03. The van der Waals surface area contributed by atoms with Crippen LogP contribution in [0.5, 0.6) is 5.75 Å². The van der Waals surface area contributed by atoms with Gasteiger partial charge in [-0.05, 0) is 43.2 Å². The molecule has 26 heavy (non-hydrogen) atoms. The molecule has 1 heterocycles. The molecule has 0 aliphatic heterocycles. The van der Waals surface area contributed by atoms with Crippen molar-refractivity contribution in [2.24, 2.45) is 5.10 Å². The normalized spacial score (nSPS) is 10.7. The predicted molar refractivity (Wildman–Crippen MR) is 94.2 cm³/mol. The Morgan fingerprint density at radius 3 is 2.50 bits per heavy atom. The first-order valence-electron chi connectivity index (χ1n) is 7.77. The zero-order valence-electron chi connectivity index (χ0n) is 14.3. The third kappa shape index (κ3) is 5.55. The van der Waals surface area contributed by atoms with Gasteiger partial charge in [-0.1, -0.05) is 0 Å². The molecule has 9 nitrogen and oxygen atoms in total. The van der Waals surface area contributed by atoms with Crippen LogP contribution in [0.25, 0.3) is 0 Å². The van der Waals surface area contributed by atoms with Crippen LogP contribution in [0.3, 0.4) is 0 Å². The number of carbonyl (C=O) groups is 2. The topological polar surface area (TPSA) is 133 Å². The SMILES string of the molecule is CC(=O)Oc1ccc(/C=N/NC(=O)CCc2c(C)[nH]c(=O)[nH]c2=O)cc1. The fourth-order valence-electron chi connectivity index (χ4n) is 2.19. The standard InChI is InChI=1S/C17H18N4O5/c1-10-14(16(24)20-17(25)19-10)7-8-15(23)21-18-9-12-3-5-13(6-4-12)26-11(2)22/h3-6,9H,7-8H2,1-2H3,(H,21,23)(H2,19,20,24,25)/b18-9+. The van der Waals surface area contributed by atoms with Gasteiger partial charge in [0.1, 0.15) is 5.75 Å². The van der Waals surface area contributed by atoms with Gasteiger partial charge in [0, 0.05) is 24.6 Å². The molecule has 1 aromatic heterocycles. The number of aromatic amines is 2. The number of amides is 1. The Morgan fingerprint density at radius 2 is 1.88 bits per heavy atom. The lowest BCUT2D eigenvalue weighted by atomic mass is 10.1. The molecule has 3 N–H and O–H groups in total. The molecule has 0 spiro atoms. The van der Waals surface area contributed by atoms with Crippen LogP contribution in [0.2, 0.25) is 0 Å². The highest BCUT2D eigenvalue weighted by molar-refractivity contribution is 5.82. The van der Waals surface area contributed by atoms with Crippen molar-refractivity contribution in [1.29, 1.82) is 0 Å². The molecule has 0 fully saturated rings. The highest BCUT2D eigenvalue weighted by Crippen LogP contribution is 2.11. The summed E-state index contributed by atoms with van der Waals surface area (Å²) in [5.74, 6) is -0.363. The van der Waals surface area contributed by atoms with E-state index >= 15 is 0 Å². The van der Waals surface area contributed by atoms with E-state index in [2.05, 4.69) is 20.5 Å². The van der Waals surface area contributed by atoms with Crippen LogP contribution in [0.1, 0.15) is 30.2 Å². The average Bonchev–Trinajstić information content (AvgIpc) is 2.55. The first kappa shape index (κ1) is 18.8. The molecular formula is C17H18N4O5. The summed E-state index contributed by atoms with van der Waals surface area (Å²) >= 11 is 0. The molecule has 1 amide bonds. The molecule has 2 rings (SSSR count). The van der Waals surface area contributed by atoms with Gasteiger partial charge < -0.3 is 9.72 Å². The average molecular weight is 358 g/mol. The van der Waals surface area contributed by atoms with Crippen molar-refractivity contribution in [1.82, 2.24) is 15.4 Å². The maximum Gasteiger partial charge on any atom is 0.325 e. The van der Waals surface area contributed by atoms with Crippen LogP contribution in [0.4, 0.5) is 0 Å². The number of rotatable bonds is 6. The number of carbonyl (C=O) groups excluding carboxylic acids is 2. The Labute approximate surface area is 148 Å². The second kappa shape index (κ2) is 8.56. The van der Waals surface area contributed by atoms with Crippen molar-refractivity contribution in [2.45, 2.75) is 26.7 Å². The Bertz CT molecular complexity index is 941. The van der Waals surface area contributed by atoms with Crippen LogP contribution < -0.4 is 21.4 Å². The number of hydrogen-bond acceptors (Lipinski definition) is 6. The number of benzene rings is 1. The van der Waals surface area contributed by atoms with Crippen LogP contribution in [0, 0.1) is 6.92 Å². The van der Waals surface area contributed by atoms with Crippen molar-refractivity contribution < 1.29 is 14.3 Å². The lowest BCUT2D eigenvalue weighted by molar-refractivity contribution is -0.131. The monoisotopic (exact) mass is 358 g/mol. The van der Waals surface area contributed by atoms with Crippen LogP contribution in [-0.2, 0) is 16.0 Å². The molecule has 136 valence electrons. The Kier molecular flexibility index (Phi) is 6.20. The maximum absolute atomic E-state index is 11.8. The van der Waals surface area contributed by atoms with Gasteiger partial charge in [0.15, 0.2) is 0 Å². The summed E-state index contributed by atoms with van der Waals surface area (Å²) in [6, 6.07) is 6.57. The van der Waals surface area contributed by atoms with E-state index in [4.69, 9.17) is 4.74 Å². The number of aromatic nitrogens is 2. The number of H-pyrrole nitrogens is 2. The Balaban J connectivity index is 1.87. The van der Waals surface area contributed by atoms with Crippen molar-refractivity contribution in [3.63, 3.8) is 0 Å². The molecule has 9 heteroatoms. The summed E-state index contributed by atoms with van der Waals surface area (Å²) in [6.45, 7) is 2.91. The number of nitrogens with one attached hydrogen (secondary N) is 3. The molecule has 2 aromatic rings. The molecule has 0 saturated heterocycles. The van der Waals surface area contributed by atoms with Gasteiger partial charge in [0.25, 0.3) is 5.56 Å². The highest BCUT2D eigenvalue weighted by atomic mass is 16.5. The number of ether oxygens (including phenoxy) is 1. The van der Waals surface area contributed by atoms with E-state index in [-0.39, 0.29) is 18.7 Å². The number of nitrogens with zero attached hydrogens (tertiary/aromatic N) is 1. The highest BCUT2D eigenvalue weighted by Gasteiger charge is 2.08. The number of hydrazone groups is 1. The first-order chi connectivity index (χ1) is 12.3. The first-order valence-corrected chi connectivity index (χ1v) is 7.77. The summed E-state index contributed by atoms with van der Waals surface area (Å²) in [4.78, 5) is 50.1.